The smallest absolute Gasteiger partial charge is 0.293 e. The normalized spacial score (nSPS) is 16.2. The Morgan fingerprint density at radius 3 is 2.75 bits per heavy atom. The molecule has 2 aromatic carbocycles. The van der Waals surface area contributed by atoms with Crippen LogP contribution in [0.15, 0.2) is 36.4 Å². The second-order valence-corrected chi connectivity index (χ2v) is 6.89. The number of ether oxygens (including phenoxy) is 1. The Labute approximate surface area is 170 Å². The molecule has 0 unspecified atom stereocenters. The van der Waals surface area contributed by atoms with Crippen LogP contribution in [0, 0.1) is 16.0 Å². The van der Waals surface area contributed by atoms with Crippen molar-refractivity contribution in [3.05, 3.63) is 56.6 Å². The van der Waals surface area contributed by atoms with Gasteiger partial charge in [0.05, 0.1) is 33.7 Å². The maximum Gasteiger partial charge on any atom is 0.293 e. The Morgan fingerprint density at radius 2 is 2.07 bits per heavy atom. The third-order valence-electron chi connectivity index (χ3n) is 4.38. The summed E-state index contributed by atoms with van der Waals surface area (Å²) in [6, 6.07) is 8.92. The van der Waals surface area contributed by atoms with Crippen LogP contribution in [0.2, 0.25) is 10.0 Å². The third kappa shape index (κ3) is 3.88. The number of anilines is 2. The summed E-state index contributed by atoms with van der Waals surface area (Å²) in [6.07, 6.45) is -0.0492. The standard InChI is InChI=1S/C18H15Cl2N3O5/c1-28-11-5-6-14(23(26)27)13(8-11)21-18(25)10-7-16(24)22(9-10)15-4-2-3-12(19)17(15)20/h2-6,8,10H,7,9H2,1H3,(H,21,25)/t10-/m1/s1. The summed E-state index contributed by atoms with van der Waals surface area (Å²) >= 11 is 12.2. The fourth-order valence-electron chi connectivity index (χ4n) is 2.95. The van der Waals surface area contributed by atoms with Crippen molar-refractivity contribution in [2.45, 2.75) is 6.42 Å². The number of nitro groups is 1. The molecule has 146 valence electrons. The number of carbonyl (C=O) groups excluding carboxylic acids is 2. The van der Waals surface area contributed by atoms with Crippen LogP contribution < -0.4 is 15.0 Å². The number of hydrogen-bond acceptors (Lipinski definition) is 5. The molecule has 10 heteroatoms. The van der Waals surface area contributed by atoms with E-state index in [9.17, 15) is 19.7 Å². The molecule has 0 aliphatic carbocycles. The molecule has 2 amide bonds. The van der Waals surface area contributed by atoms with Crippen molar-refractivity contribution in [3.8, 4) is 5.75 Å². The molecule has 2 aromatic rings. The van der Waals surface area contributed by atoms with Gasteiger partial charge in [-0.05, 0) is 18.2 Å². The maximum absolute atomic E-state index is 12.7. The minimum Gasteiger partial charge on any atom is -0.497 e. The van der Waals surface area contributed by atoms with Crippen molar-refractivity contribution in [1.29, 1.82) is 0 Å². The lowest BCUT2D eigenvalue weighted by atomic mass is 10.1. The molecule has 1 heterocycles. The first-order chi connectivity index (χ1) is 13.3. The SMILES string of the molecule is COc1ccc([N+](=O)[O-])c(NC(=O)[C@@H]2CC(=O)N(c3cccc(Cl)c3Cl)C2)c1. The number of hydrogen-bond donors (Lipinski definition) is 1. The molecular weight excluding hydrogens is 409 g/mol. The summed E-state index contributed by atoms with van der Waals surface area (Å²) in [5, 5.41) is 14.3. The number of halogens is 2. The molecule has 0 bridgehead atoms. The fraction of sp³-hybridized carbons (Fsp3) is 0.222. The van der Waals surface area contributed by atoms with Crippen molar-refractivity contribution < 1.29 is 19.2 Å². The monoisotopic (exact) mass is 423 g/mol. The molecule has 1 aliphatic rings. The van der Waals surface area contributed by atoms with Gasteiger partial charge in [0.15, 0.2) is 0 Å². The average molecular weight is 424 g/mol. The van der Waals surface area contributed by atoms with Gasteiger partial charge in [0, 0.05) is 25.1 Å². The zero-order valence-electron chi connectivity index (χ0n) is 14.6. The highest BCUT2D eigenvalue weighted by Crippen LogP contribution is 2.36. The van der Waals surface area contributed by atoms with E-state index >= 15 is 0 Å². The molecule has 28 heavy (non-hydrogen) atoms. The van der Waals surface area contributed by atoms with Crippen LogP contribution in [0.25, 0.3) is 0 Å². The highest BCUT2D eigenvalue weighted by molar-refractivity contribution is 6.44. The summed E-state index contributed by atoms with van der Waals surface area (Å²) in [4.78, 5) is 37.0. The molecule has 1 aliphatic heterocycles. The summed E-state index contributed by atoms with van der Waals surface area (Å²) in [7, 11) is 1.41. The number of benzene rings is 2. The van der Waals surface area contributed by atoms with E-state index in [1.165, 1.54) is 30.2 Å². The van der Waals surface area contributed by atoms with Crippen molar-refractivity contribution >= 4 is 52.1 Å². The van der Waals surface area contributed by atoms with Gasteiger partial charge in [0.2, 0.25) is 11.8 Å². The minimum atomic E-state index is -0.701. The number of methoxy groups -OCH3 is 1. The molecule has 0 aromatic heterocycles. The van der Waals surface area contributed by atoms with Gasteiger partial charge >= 0.3 is 0 Å². The lowest BCUT2D eigenvalue weighted by molar-refractivity contribution is -0.383. The Balaban J connectivity index is 1.81. The highest BCUT2D eigenvalue weighted by Gasteiger charge is 2.36. The average Bonchev–Trinajstić information content (AvgIpc) is 3.05. The molecule has 0 spiro atoms. The van der Waals surface area contributed by atoms with Gasteiger partial charge in [-0.2, -0.15) is 0 Å². The van der Waals surface area contributed by atoms with Crippen molar-refractivity contribution in [1.82, 2.24) is 0 Å². The van der Waals surface area contributed by atoms with Crippen molar-refractivity contribution in [2.75, 3.05) is 23.9 Å². The van der Waals surface area contributed by atoms with Gasteiger partial charge in [0.1, 0.15) is 11.4 Å². The number of rotatable bonds is 5. The lowest BCUT2D eigenvalue weighted by Gasteiger charge is -2.18. The van der Waals surface area contributed by atoms with Crippen molar-refractivity contribution in [3.63, 3.8) is 0 Å². The number of carbonyl (C=O) groups is 2. The number of nitrogens with zero attached hydrogens (tertiary/aromatic N) is 2. The van der Waals surface area contributed by atoms with E-state index in [0.29, 0.717) is 16.5 Å². The Kier molecular flexibility index (Phi) is 5.71. The zero-order valence-corrected chi connectivity index (χ0v) is 16.2. The number of nitro benzene ring substituents is 1. The van der Waals surface area contributed by atoms with Gasteiger partial charge in [0.25, 0.3) is 5.69 Å². The molecule has 0 radical (unpaired) electrons. The lowest BCUT2D eigenvalue weighted by Crippen LogP contribution is -2.28. The van der Waals surface area contributed by atoms with Gasteiger partial charge < -0.3 is 15.0 Å². The van der Waals surface area contributed by atoms with Crippen LogP contribution in [0.5, 0.6) is 5.75 Å². The second kappa shape index (κ2) is 8.04. The van der Waals surface area contributed by atoms with E-state index in [0.717, 1.165) is 0 Å². The molecule has 1 saturated heterocycles. The molecular formula is C18H15Cl2N3O5. The summed E-state index contributed by atoms with van der Waals surface area (Å²) < 4.78 is 5.05. The van der Waals surface area contributed by atoms with Gasteiger partial charge in [-0.15, -0.1) is 0 Å². The van der Waals surface area contributed by atoms with Gasteiger partial charge in [-0.3, -0.25) is 19.7 Å². The predicted molar refractivity (Wildman–Crippen MR) is 105 cm³/mol. The van der Waals surface area contributed by atoms with E-state index in [1.54, 1.807) is 18.2 Å². The quantitative estimate of drug-likeness (QED) is 0.580. The number of nitrogens with one attached hydrogen (secondary N) is 1. The summed E-state index contributed by atoms with van der Waals surface area (Å²) in [5.74, 6) is -1.14. The van der Waals surface area contributed by atoms with E-state index in [1.807, 2.05) is 0 Å². The third-order valence-corrected chi connectivity index (χ3v) is 5.19. The first-order valence-electron chi connectivity index (χ1n) is 8.19. The molecule has 1 fully saturated rings. The van der Waals surface area contributed by atoms with Crippen LogP contribution in [-0.2, 0) is 9.59 Å². The maximum atomic E-state index is 12.7. The first kappa shape index (κ1) is 19.9. The summed E-state index contributed by atoms with van der Waals surface area (Å²) in [5.41, 5.74) is 0.149. The molecule has 0 saturated carbocycles. The van der Waals surface area contributed by atoms with Crippen LogP contribution in [0.3, 0.4) is 0 Å². The molecule has 3 rings (SSSR count). The zero-order chi connectivity index (χ0) is 20.4. The van der Waals surface area contributed by atoms with E-state index in [-0.39, 0.29) is 35.3 Å². The topological polar surface area (TPSA) is 102 Å². The highest BCUT2D eigenvalue weighted by atomic mass is 35.5. The molecule has 1 N–H and O–H groups in total. The summed E-state index contributed by atoms with van der Waals surface area (Å²) in [6.45, 7) is 0.0858. The van der Waals surface area contributed by atoms with Crippen LogP contribution in [0.4, 0.5) is 17.1 Å². The van der Waals surface area contributed by atoms with Crippen molar-refractivity contribution in [2.24, 2.45) is 5.92 Å². The first-order valence-corrected chi connectivity index (χ1v) is 8.95. The van der Waals surface area contributed by atoms with Gasteiger partial charge in [-0.1, -0.05) is 29.3 Å². The van der Waals surface area contributed by atoms with Crippen LogP contribution >= 0.6 is 23.2 Å². The molecule has 1 atom stereocenters. The van der Waals surface area contributed by atoms with E-state index in [2.05, 4.69) is 5.32 Å². The van der Waals surface area contributed by atoms with E-state index in [4.69, 9.17) is 27.9 Å². The minimum absolute atomic E-state index is 0.000960. The number of amides is 2. The Bertz CT molecular complexity index is 966. The predicted octanol–water partition coefficient (Wildman–Crippen LogP) is 3.90. The van der Waals surface area contributed by atoms with Crippen LogP contribution in [0.1, 0.15) is 6.42 Å². The van der Waals surface area contributed by atoms with Gasteiger partial charge in [-0.25, -0.2) is 0 Å². The fourth-order valence-corrected chi connectivity index (χ4v) is 3.35. The largest absolute Gasteiger partial charge is 0.497 e. The van der Waals surface area contributed by atoms with E-state index < -0.39 is 16.7 Å². The Hall–Kier alpha value is -2.84. The second-order valence-electron chi connectivity index (χ2n) is 6.11. The molecule has 8 nitrogen and oxygen atoms in total. The Morgan fingerprint density at radius 1 is 1.32 bits per heavy atom. The van der Waals surface area contributed by atoms with Crippen LogP contribution in [-0.4, -0.2) is 30.4 Å².